The van der Waals surface area contributed by atoms with E-state index in [4.69, 9.17) is 15.2 Å². The van der Waals surface area contributed by atoms with Crippen LogP contribution in [0.1, 0.15) is 11.1 Å². The highest BCUT2D eigenvalue weighted by atomic mass is 79.9. The Hall–Kier alpha value is -1.59. The lowest BCUT2D eigenvalue weighted by molar-refractivity contribution is 0.279. The molecule has 0 saturated heterocycles. The number of nitrogens with two attached hydrogens (primary N) is 1. The molecule has 0 saturated carbocycles. The van der Waals surface area contributed by atoms with E-state index in [1.54, 1.807) is 19.2 Å². The van der Waals surface area contributed by atoms with Gasteiger partial charge >= 0.3 is 0 Å². The van der Waals surface area contributed by atoms with Gasteiger partial charge in [0, 0.05) is 22.1 Å². The smallest absolute Gasteiger partial charge is 0.165 e. The normalized spacial score (nSPS) is 10.4. The van der Waals surface area contributed by atoms with Crippen LogP contribution in [0.15, 0.2) is 40.9 Å². The van der Waals surface area contributed by atoms with Gasteiger partial charge in [-0.1, -0.05) is 28.1 Å². The highest BCUT2D eigenvalue weighted by Gasteiger charge is 2.11. The summed E-state index contributed by atoms with van der Waals surface area (Å²) in [4.78, 5) is 0. The summed E-state index contributed by atoms with van der Waals surface area (Å²) < 4.78 is 25.5. The molecule has 0 bridgehead atoms. The van der Waals surface area contributed by atoms with Crippen LogP contribution in [0.3, 0.4) is 0 Å². The highest BCUT2D eigenvalue weighted by molar-refractivity contribution is 9.10. The summed E-state index contributed by atoms with van der Waals surface area (Å²) in [5.74, 6) is 0.470. The van der Waals surface area contributed by atoms with E-state index in [2.05, 4.69) is 15.9 Å². The van der Waals surface area contributed by atoms with Crippen LogP contribution >= 0.6 is 15.9 Å². The molecule has 0 aliphatic carbocycles. The number of methoxy groups -OCH3 is 1. The molecule has 3 nitrogen and oxygen atoms in total. The number of hydrogen-bond acceptors (Lipinski definition) is 3. The Balaban J connectivity index is 2.23. The van der Waals surface area contributed by atoms with Crippen LogP contribution in [0.25, 0.3) is 0 Å². The van der Waals surface area contributed by atoms with Crippen LogP contribution in [0.5, 0.6) is 11.5 Å². The number of halogens is 2. The van der Waals surface area contributed by atoms with Gasteiger partial charge in [-0.3, -0.25) is 0 Å². The number of rotatable bonds is 5. The van der Waals surface area contributed by atoms with Gasteiger partial charge in [-0.25, -0.2) is 4.39 Å². The number of benzene rings is 2. The van der Waals surface area contributed by atoms with Crippen LogP contribution in [-0.2, 0) is 13.2 Å². The molecule has 20 heavy (non-hydrogen) atoms. The third-order valence-electron chi connectivity index (χ3n) is 2.88. The molecular formula is C15H15BrFNO2. The quantitative estimate of drug-likeness (QED) is 0.904. The van der Waals surface area contributed by atoms with Crippen molar-refractivity contribution in [2.75, 3.05) is 7.11 Å². The summed E-state index contributed by atoms with van der Waals surface area (Å²) in [5.41, 5.74) is 7.05. The number of para-hydroxylation sites is 1. The molecule has 0 aliphatic heterocycles. The van der Waals surface area contributed by atoms with Crippen molar-refractivity contribution in [2.24, 2.45) is 5.73 Å². The van der Waals surface area contributed by atoms with Gasteiger partial charge in [0.1, 0.15) is 12.4 Å². The minimum atomic E-state index is -0.415. The van der Waals surface area contributed by atoms with Crippen molar-refractivity contribution >= 4 is 15.9 Å². The largest absolute Gasteiger partial charge is 0.496 e. The maximum atomic E-state index is 13.8. The van der Waals surface area contributed by atoms with Gasteiger partial charge in [-0.05, 0) is 24.3 Å². The van der Waals surface area contributed by atoms with E-state index in [9.17, 15) is 4.39 Å². The maximum Gasteiger partial charge on any atom is 0.165 e. The Bertz CT molecular complexity index is 604. The lowest BCUT2D eigenvalue weighted by Gasteiger charge is -2.13. The second kappa shape index (κ2) is 6.72. The zero-order valence-electron chi connectivity index (χ0n) is 11.0. The fourth-order valence-corrected chi connectivity index (χ4v) is 2.29. The monoisotopic (exact) mass is 339 g/mol. The Labute approximate surface area is 125 Å². The van der Waals surface area contributed by atoms with Crippen molar-refractivity contribution in [1.82, 2.24) is 0 Å². The first kappa shape index (κ1) is 14.8. The van der Waals surface area contributed by atoms with E-state index in [1.807, 2.05) is 18.2 Å². The molecule has 0 fully saturated rings. The Kier molecular flexibility index (Phi) is 4.98. The minimum Gasteiger partial charge on any atom is -0.496 e. The summed E-state index contributed by atoms with van der Waals surface area (Å²) in [6.07, 6.45) is 0. The lowest BCUT2D eigenvalue weighted by Crippen LogP contribution is -2.05. The zero-order valence-corrected chi connectivity index (χ0v) is 12.6. The molecule has 5 heteroatoms. The van der Waals surface area contributed by atoms with Crippen molar-refractivity contribution in [2.45, 2.75) is 13.2 Å². The van der Waals surface area contributed by atoms with Crippen LogP contribution < -0.4 is 15.2 Å². The van der Waals surface area contributed by atoms with Gasteiger partial charge in [0.25, 0.3) is 0 Å². The first-order valence-corrected chi connectivity index (χ1v) is 6.87. The van der Waals surface area contributed by atoms with E-state index in [0.717, 1.165) is 10.0 Å². The van der Waals surface area contributed by atoms with Crippen molar-refractivity contribution in [3.8, 4) is 11.5 Å². The average Bonchev–Trinajstić information content (AvgIpc) is 2.46. The molecule has 0 spiro atoms. The molecule has 0 atom stereocenters. The first-order valence-electron chi connectivity index (χ1n) is 6.08. The third kappa shape index (κ3) is 3.29. The molecule has 0 radical (unpaired) electrons. The van der Waals surface area contributed by atoms with Crippen molar-refractivity contribution in [3.05, 3.63) is 57.8 Å². The Morgan fingerprint density at radius 3 is 2.70 bits per heavy atom. The van der Waals surface area contributed by atoms with Gasteiger partial charge in [0.15, 0.2) is 11.6 Å². The molecule has 0 unspecified atom stereocenters. The molecule has 106 valence electrons. The van der Waals surface area contributed by atoms with E-state index >= 15 is 0 Å². The fraction of sp³-hybridized carbons (Fsp3) is 0.200. The second-order valence-electron chi connectivity index (χ2n) is 4.18. The second-order valence-corrected chi connectivity index (χ2v) is 5.09. The number of ether oxygens (including phenoxy) is 2. The molecular weight excluding hydrogens is 325 g/mol. The fourth-order valence-electron chi connectivity index (χ4n) is 1.89. The molecule has 0 aliphatic rings. The molecule has 2 aromatic rings. The standard InChI is InChI=1S/C15H15BrFNO2/c1-19-14-6-5-12(16)7-11(14)9-20-15-10(8-18)3-2-4-13(15)17/h2-7H,8-9,18H2,1H3. The molecule has 2 aromatic carbocycles. The topological polar surface area (TPSA) is 44.5 Å². The minimum absolute atomic E-state index is 0.192. The predicted octanol–water partition coefficient (Wildman–Crippen LogP) is 3.63. The van der Waals surface area contributed by atoms with Crippen LogP contribution in [0.4, 0.5) is 4.39 Å². The summed E-state index contributed by atoms with van der Waals surface area (Å²) in [6.45, 7) is 0.430. The van der Waals surface area contributed by atoms with Crippen molar-refractivity contribution in [3.63, 3.8) is 0 Å². The van der Waals surface area contributed by atoms with E-state index in [-0.39, 0.29) is 18.9 Å². The first-order chi connectivity index (χ1) is 9.65. The summed E-state index contributed by atoms with van der Waals surface area (Å²) in [6, 6.07) is 10.3. The van der Waals surface area contributed by atoms with Crippen molar-refractivity contribution in [1.29, 1.82) is 0 Å². The lowest BCUT2D eigenvalue weighted by atomic mass is 10.2. The van der Waals surface area contributed by atoms with Gasteiger partial charge in [-0.15, -0.1) is 0 Å². The SMILES string of the molecule is COc1ccc(Br)cc1COc1c(F)cccc1CN. The predicted molar refractivity (Wildman–Crippen MR) is 79.3 cm³/mol. The van der Waals surface area contributed by atoms with Crippen LogP contribution in [-0.4, -0.2) is 7.11 Å². The van der Waals surface area contributed by atoms with Gasteiger partial charge in [0.2, 0.25) is 0 Å². The Morgan fingerprint density at radius 1 is 1.20 bits per heavy atom. The molecule has 2 N–H and O–H groups in total. The van der Waals surface area contributed by atoms with Crippen LogP contribution in [0, 0.1) is 5.82 Å². The molecule has 0 heterocycles. The van der Waals surface area contributed by atoms with E-state index in [0.29, 0.717) is 11.3 Å². The molecule has 0 aromatic heterocycles. The van der Waals surface area contributed by atoms with Gasteiger partial charge in [-0.2, -0.15) is 0 Å². The van der Waals surface area contributed by atoms with Crippen molar-refractivity contribution < 1.29 is 13.9 Å². The Morgan fingerprint density at radius 2 is 2.00 bits per heavy atom. The van der Waals surface area contributed by atoms with Gasteiger partial charge in [0.05, 0.1) is 7.11 Å². The summed E-state index contributed by atoms with van der Waals surface area (Å²) in [5, 5.41) is 0. The highest BCUT2D eigenvalue weighted by Crippen LogP contribution is 2.27. The summed E-state index contributed by atoms with van der Waals surface area (Å²) in [7, 11) is 1.58. The molecule has 2 rings (SSSR count). The van der Waals surface area contributed by atoms with Gasteiger partial charge < -0.3 is 15.2 Å². The van der Waals surface area contributed by atoms with E-state index in [1.165, 1.54) is 6.07 Å². The number of hydrogen-bond donors (Lipinski definition) is 1. The van der Waals surface area contributed by atoms with Crippen LogP contribution in [0.2, 0.25) is 0 Å². The van der Waals surface area contributed by atoms with E-state index < -0.39 is 5.82 Å². The zero-order chi connectivity index (χ0) is 14.5. The maximum absolute atomic E-state index is 13.8. The molecule has 0 amide bonds. The average molecular weight is 340 g/mol. The third-order valence-corrected chi connectivity index (χ3v) is 3.38. The summed E-state index contributed by atoms with van der Waals surface area (Å²) >= 11 is 3.39.